The normalized spacial score (nSPS) is 15.9. The van der Waals surface area contributed by atoms with E-state index in [-0.39, 0.29) is 0 Å². The van der Waals surface area contributed by atoms with Gasteiger partial charge < -0.3 is 19.1 Å². The Kier molecular flexibility index (Phi) is 5.53. The van der Waals surface area contributed by atoms with Gasteiger partial charge in [0.05, 0.1) is 21.3 Å². The van der Waals surface area contributed by atoms with E-state index in [9.17, 15) is 0 Å². The van der Waals surface area contributed by atoms with Crippen LogP contribution >= 0.6 is 0 Å². The molecular weight excluding hydrogens is 254 g/mol. The Balaban J connectivity index is 2.06. The molecule has 1 saturated heterocycles. The molecule has 112 valence electrons. The molecule has 0 aromatic heterocycles. The highest BCUT2D eigenvalue weighted by atomic mass is 16.5. The molecule has 1 aliphatic rings. The molecule has 0 aliphatic carbocycles. The largest absolute Gasteiger partial charge is 0.493 e. The lowest BCUT2D eigenvalue weighted by atomic mass is 10.1. The van der Waals surface area contributed by atoms with E-state index in [0.29, 0.717) is 5.75 Å². The van der Waals surface area contributed by atoms with Crippen LogP contribution in [0, 0.1) is 0 Å². The number of hydrogen-bond donors (Lipinski definition) is 0. The second-order valence-electron chi connectivity index (χ2n) is 5.19. The van der Waals surface area contributed by atoms with Crippen molar-refractivity contribution in [3.05, 3.63) is 17.7 Å². The van der Waals surface area contributed by atoms with Crippen LogP contribution in [-0.4, -0.2) is 45.9 Å². The van der Waals surface area contributed by atoms with Crippen molar-refractivity contribution in [2.75, 3.05) is 41.0 Å². The molecule has 0 radical (unpaired) electrons. The quantitative estimate of drug-likeness (QED) is 0.801. The zero-order valence-corrected chi connectivity index (χ0v) is 12.8. The summed E-state index contributed by atoms with van der Waals surface area (Å²) in [4.78, 5) is 2.53. The van der Waals surface area contributed by atoms with Crippen molar-refractivity contribution in [2.45, 2.75) is 25.7 Å². The Labute approximate surface area is 121 Å². The predicted octanol–water partition coefficient (Wildman–Crippen LogP) is 2.74. The van der Waals surface area contributed by atoms with Gasteiger partial charge in [0.2, 0.25) is 5.75 Å². The zero-order chi connectivity index (χ0) is 14.4. The van der Waals surface area contributed by atoms with Crippen molar-refractivity contribution in [1.82, 2.24) is 4.90 Å². The fourth-order valence-electron chi connectivity index (χ4n) is 2.75. The number of piperidine rings is 1. The van der Waals surface area contributed by atoms with Gasteiger partial charge in [-0.25, -0.2) is 0 Å². The number of methoxy groups -OCH3 is 3. The average Bonchev–Trinajstić information content (AvgIpc) is 2.52. The maximum Gasteiger partial charge on any atom is 0.203 e. The minimum Gasteiger partial charge on any atom is -0.493 e. The van der Waals surface area contributed by atoms with Crippen molar-refractivity contribution in [3.8, 4) is 17.2 Å². The Morgan fingerprint density at radius 1 is 0.900 bits per heavy atom. The molecular formula is C16H25NO3. The summed E-state index contributed by atoms with van der Waals surface area (Å²) in [6, 6.07) is 4.09. The Morgan fingerprint density at radius 2 is 1.50 bits per heavy atom. The third-order valence-electron chi connectivity index (χ3n) is 3.89. The predicted molar refractivity (Wildman–Crippen MR) is 80.1 cm³/mol. The number of ether oxygens (including phenoxy) is 3. The lowest BCUT2D eigenvalue weighted by Crippen LogP contribution is -2.31. The number of benzene rings is 1. The molecule has 4 nitrogen and oxygen atoms in total. The molecule has 0 bridgehead atoms. The van der Waals surface area contributed by atoms with Gasteiger partial charge in [0.15, 0.2) is 11.5 Å². The molecule has 0 N–H and O–H groups in total. The van der Waals surface area contributed by atoms with Crippen molar-refractivity contribution in [1.29, 1.82) is 0 Å². The monoisotopic (exact) mass is 279 g/mol. The summed E-state index contributed by atoms with van der Waals surface area (Å²) in [5.74, 6) is 2.14. The Hall–Kier alpha value is -1.42. The summed E-state index contributed by atoms with van der Waals surface area (Å²) in [5.41, 5.74) is 1.23. The van der Waals surface area contributed by atoms with Gasteiger partial charge in [0, 0.05) is 6.54 Å². The summed E-state index contributed by atoms with van der Waals surface area (Å²) in [7, 11) is 4.95. The second kappa shape index (κ2) is 7.39. The highest BCUT2D eigenvalue weighted by Gasteiger charge is 2.14. The number of nitrogens with zero attached hydrogens (tertiary/aromatic N) is 1. The van der Waals surface area contributed by atoms with Gasteiger partial charge in [0.1, 0.15) is 0 Å². The van der Waals surface area contributed by atoms with Gasteiger partial charge in [-0.1, -0.05) is 6.42 Å². The second-order valence-corrected chi connectivity index (χ2v) is 5.19. The first kappa shape index (κ1) is 15.0. The van der Waals surface area contributed by atoms with Crippen LogP contribution in [0.15, 0.2) is 12.1 Å². The summed E-state index contributed by atoms with van der Waals surface area (Å²) < 4.78 is 16.1. The SMILES string of the molecule is COc1cc(CCN2CCCCC2)cc(OC)c1OC. The van der Waals surface area contributed by atoms with E-state index in [2.05, 4.69) is 4.90 Å². The Morgan fingerprint density at radius 3 is 2.00 bits per heavy atom. The lowest BCUT2D eigenvalue weighted by Gasteiger charge is -2.26. The Bertz CT molecular complexity index is 403. The molecule has 1 aromatic rings. The molecule has 0 saturated carbocycles. The third kappa shape index (κ3) is 3.57. The molecule has 0 atom stereocenters. The summed E-state index contributed by atoms with van der Waals surface area (Å²) >= 11 is 0. The fourth-order valence-corrected chi connectivity index (χ4v) is 2.75. The van der Waals surface area contributed by atoms with Crippen LogP contribution in [0.1, 0.15) is 24.8 Å². The van der Waals surface area contributed by atoms with E-state index in [1.54, 1.807) is 21.3 Å². The summed E-state index contributed by atoms with van der Waals surface area (Å²) in [6.45, 7) is 3.55. The van der Waals surface area contributed by atoms with Gasteiger partial charge >= 0.3 is 0 Å². The van der Waals surface area contributed by atoms with Crippen molar-refractivity contribution in [2.24, 2.45) is 0 Å². The topological polar surface area (TPSA) is 30.9 Å². The molecule has 0 unspecified atom stereocenters. The van der Waals surface area contributed by atoms with E-state index in [1.807, 2.05) is 12.1 Å². The fraction of sp³-hybridized carbons (Fsp3) is 0.625. The average molecular weight is 279 g/mol. The van der Waals surface area contributed by atoms with E-state index in [1.165, 1.54) is 37.9 Å². The van der Waals surface area contributed by atoms with E-state index < -0.39 is 0 Å². The molecule has 1 aliphatic heterocycles. The van der Waals surface area contributed by atoms with Crippen LogP contribution in [0.2, 0.25) is 0 Å². The van der Waals surface area contributed by atoms with Gasteiger partial charge in [-0.05, 0) is 50.0 Å². The minimum absolute atomic E-state index is 0.664. The van der Waals surface area contributed by atoms with Crippen LogP contribution < -0.4 is 14.2 Å². The van der Waals surface area contributed by atoms with E-state index >= 15 is 0 Å². The third-order valence-corrected chi connectivity index (χ3v) is 3.89. The molecule has 1 heterocycles. The maximum atomic E-state index is 5.39. The highest BCUT2D eigenvalue weighted by molar-refractivity contribution is 5.53. The van der Waals surface area contributed by atoms with E-state index in [4.69, 9.17) is 14.2 Å². The maximum absolute atomic E-state index is 5.39. The first-order valence-electron chi connectivity index (χ1n) is 7.29. The van der Waals surface area contributed by atoms with Crippen LogP contribution in [0.5, 0.6) is 17.2 Å². The van der Waals surface area contributed by atoms with E-state index in [0.717, 1.165) is 24.5 Å². The van der Waals surface area contributed by atoms with Crippen LogP contribution in [-0.2, 0) is 6.42 Å². The molecule has 2 rings (SSSR count). The number of rotatable bonds is 6. The zero-order valence-electron chi connectivity index (χ0n) is 12.8. The van der Waals surface area contributed by atoms with Crippen LogP contribution in [0.3, 0.4) is 0 Å². The summed E-state index contributed by atoms with van der Waals surface area (Å²) in [5, 5.41) is 0. The lowest BCUT2D eigenvalue weighted by molar-refractivity contribution is 0.231. The standard InChI is InChI=1S/C16H25NO3/c1-18-14-11-13(12-15(19-2)16(14)20-3)7-10-17-8-5-4-6-9-17/h11-12H,4-10H2,1-3H3. The van der Waals surface area contributed by atoms with Gasteiger partial charge in [-0.15, -0.1) is 0 Å². The smallest absolute Gasteiger partial charge is 0.203 e. The first-order valence-corrected chi connectivity index (χ1v) is 7.29. The van der Waals surface area contributed by atoms with Crippen LogP contribution in [0.4, 0.5) is 0 Å². The first-order chi connectivity index (χ1) is 9.78. The van der Waals surface area contributed by atoms with Gasteiger partial charge in [-0.2, -0.15) is 0 Å². The molecule has 0 spiro atoms. The minimum atomic E-state index is 0.664. The van der Waals surface area contributed by atoms with Gasteiger partial charge in [-0.3, -0.25) is 0 Å². The molecule has 20 heavy (non-hydrogen) atoms. The van der Waals surface area contributed by atoms with Crippen molar-refractivity contribution in [3.63, 3.8) is 0 Å². The number of hydrogen-bond acceptors (Lipinski definition) is 4. The highest BCUT2D eigenvalue weighted by Crippen LogP contribution is 2.38. The number of likely N-dealkylation sites (tertiary alicyclic amines) is 1. The summed E-state index contributed by atoms with van der Waals surface area (Å²) in [6.07, 6.45) is 5.04. The molecule has 0 amide bonds. The molecule has 4 heteroatoms. The van der Waals surface area contributed by atoms with Crippen LogP contribution in [0.25, 0.3) is 0 Å². The molecule has 1 aromatic carbocycles. The van der Waals surface area contributed by atoms with Gasteiger partial charge in [0.25, 0.3) is 0 Å². The van der Waals surface area contributed by atoms with Crippen molar-refractivity contribution >= 4 is 0 Å². The molecule has 1 fully saturated rings. The van der Waals surface area contributed by atoms with Crippen molar-refractivity contribution < 1.29 is 14.2 Å².